The van der Waals surface area contributed by atoms with Crippen LogP contribution in [0.15, 0.2) is 40.8 Å². The van der Waals surface area contributed by atoms with Gasteiger partial charge in [-0.15, -0.1) is 0 Å². The fourth-order valence-corrected chi connectivity index (χ4v) is 2.11. The number of hydrogen-bond donors (Lipinski definition) is 1. The van der Waals surface area contributed by atoms with Crippen LogP contribution in [-0.4, -0.2) is 10.1 Å². The smallest absolute Gasteiger partial charge is 0.231 e. The summed E-state index contributed by atoms with van der Waals surface area (Å²) in [4.78, 5) is 4.40. The number of nitrogens with zero attached hydrogens (tertiary/aromatic N) is 1. The number of oxazole rings is 1. The van der Waals surface area contributed by atoms with Crippen molar-refractivity contribution in [2.24, 2.45) is 0 Å². The first kappa shape index (κ1) is 10.8. The normalized spacial score (nSPS) is 11.0. The number of para-hydroxylation sites is 2. The molecule has 0 saturated carbocycles. The van der Waals surface area contributed by atoms with Gasteiger partial charge < -0.3 is 9.52 Å². The van der Waals surface area contributed by atoms with Crippen LogP contribution < -0.4 is 0 Å². The van der Waals surface area contributed by atoms with Crippen molar-refractivity contribution in [3.8, 4) is 17.2 Å². The minimum atomic E-state index is 0.229. The third-order valence-electron chi connectivity index (χ3n) is 2.97. The van der Waals surface area contributed by atoms with Gasteiger partial charge in [0.05, 0.1) is 5.56 Å². The number of aromatic hydroxyl groups is 1. The van der Waals surface area contributed by atoms with Crippen molar-refractivity contribution in [3.63, 3.8) is 0 Å². The predicted molar refractivity (Wildman–Crippen MR) is 70.6 cm³/mol. The van der Waals surface area contributed by atoms with Crippen LogP contribution in [0.1, 0.15) is 11.1 Å². The molecule has 0 aliphatic heterocycles. The summed E-state index contributed by atoms with van der Waals surface area (Å²) in [7, 11) is 0. The van der Waals surface area contributed by atoms with Crippen molar-refractivity contribution < 1.29 is 9.52 Å². The predicted octanol–water partition coefficient (Wildman–Crippen LogP) is 3.82. The Morgan fingerprint density at radius 2 is 1.89 bits per heavy atom. The lowest BCUT2D eigenvalue weighted by Crippen LogP contribution is -1.85. The second-order valence-electron chi connectivity index (χ2n) is 4.46. The molecule has 0 saturated heterocycles. The van der Waals surface area contributed by atoms with Crippen LogP contribution in [0.25, 0.3) is 22.6 Å². The Morgan fingerprint density at radius 1 is 1.11 bits per heavy atom. The van der Waals surface area contributed by atoms with Crippen LogP contribution >= 0.6 is 0 Å². The van der Waals surface area contributed by atoms with Crippen LogP contribution in [-0.2, 0) is 0 Å². The number of phenols is 1. The summed E-state index contributed by atoms with van der Waals surface area (Å²) < 4.78 is 5.67. The maximum absolute atomic E-state index is 10.1. The summed E-state index contributed by atoms with van der Waals surface area (Å²) in [5, 5.41) is 10.1. The molecule has 3 heteroatoms. The zero-order valence-electron chi connectivity index (χ0n) is 10.3. The van der Waals surface area contributed by atoms with Gasteiger partial charge in [-0.25, -0.2) is 4.98 Å². The van der Waals surface area contributed by atoms with Crippen molar-refractivity contribution in [2.75, 3.05) is 0 Å². The summed E-state index contributed by atoms with van der Waals surface area (Å²) in [6, 6.07) is 11.4. The van der Waals surface area contributed by atoms with Crippen molar-refractivity contribution in [3.05, 3.63) is 47.5 Å². The Labute approximate surface area is 105 Å². The molecule has 3 aromatic rings. The molecule has 1 heterocycles. The summed E-state index contributed by atoms with van der Waals surface area (Å²) in [5.74, 6) is 0.688. The molecular weight excluding hydrogens is 226 g/mol. The Balaban J connectivity index is 2.26. The number of phenolic OH excluding ortho intramolecular Hbond substituents is 1. The van der Waals surface area contributed by atoms with Gasteiger partial charge in [0.15, 0.2) is 5.58 Å². The molecule has 2 aromatic carbocycles. The Hall–Kier alpha value is -2.29. The third-order valence-corrected chi connectivity index (χ3v) is 2.97. The molecule has 0 atom stereocenters. The van der Waals surface area contributed by atoms with Crippen LogP contribution in [0.2, 0.25) is 0 Å². The molecule has 90 valence electrons. The van der Waals surface area contributed by atoms with Gasteiger partial charge in [0.25, 0.3) is 0 Å². The summed E-state index contributed by atoms with van der Waals surface area (Å²) in [6.07, 6.45) is 0. The van der Waals surface area contributed by atoms with E-state index in [4.69, 9.17) is 4.42 Å². The minimum absolute atomic E-state index is 0.229. The van der Waals surface area contributed by atoms with Crippen molar-refractivity contribution in [2.45, 2.75) is 13.8 Å². The molecule has 3 nitrogen and oxygen atoms in total. The molecule has 0 aliphatic rings. The van der Waals surface area contributed by atoms with Gasteiger partial charge in [0.1, 0.15) is 11.3 Å². The molecule has 0 fully saturated rings. The van der Waals surface area contributed by atoms with E-state index in [0.717, 1.165) is 22.2 Å². The molecular formula is C15H13NO2. The zero-order valence-corrected chi connectivity index (χ0v) is 10.3. The van der Waals surface area contributed by atoms with E-state index < -0.39 is 0 Å². The number of fused-ring (bicyclic) bond motifs is 1. The first-order chi connectivity index (χ1) is 8.65. The minimum Gasteiger partial charge on any atom is -0.507 e. The van der Waals surface area contributed by atoms with Gasteiger partial charge in [-0.05, 0) is 43.2 Å². The molecule has 0 amide bonds. The fourth-order valence-electron chi connectivity index (χ4n) is 2.11. The molecule has 0 spiro atoms. The summed E-state index contributed by atoms with van der Waals surface area (Å²) >= 11 is 0. The molecule has 18 heavy (non-hydrogen) atoms. The maximum atomic E-state index is 10.1. The zero-order chi connectivity index (χ0) is 12.7. The third kappa shape index (κ3) is 1.64. The summed E-state index contributed by atoms with van der Waals surface area (Å²) in [6.45, 7) is 3.85. The quantitative estimate of drug-likeness (QED) is 0.702. The molecule has 0 radical (unpaired) electrons. The highest BCUT2D eigenvalue weighted by molar-refractivity contribution is 5.77. The van der Waals surface area contributed by atoms with Crippen molar-refractivity contribution in [1.82, 2.24) is 4.98 Å². The monoisotopic (exact) mass is 239 g/mol. The van der Waals surface area contributed by atoms with E-state index in [1.807, 2.05) is 50.2 Å². The number of hydrogen-bond acceptors (Lipinski definition) is 3. The van der Waals surface area contributed by atoms with E-state index in [9.17, 15) is 5.11 Å². The second kappa shape index (κ2) is 3.88. The highest BCUT2D eigenvalue weighted by Gasteiger charge is 2.14. The Morgan fingerprint density at radius 3 is 2.67 bits per heavy atom. The Kier molecular flexibility index (Phi) is 2.33. The summed E-state index contributed by atoms with van der Waals surface area (Å²) in [5.41, 5.74) is 4.07. The van der Waals surface area contributed by atoms with Crippen LogP contribution in [0.4, 0.5) is 0 Å². The molecule has 1 N–H and O–H groups in total. The number of rotatable bonds is 1. The van der Waals surface area contributed by atoms with Crippen LogP contribution in [0.5, 0.6) is 5.75 Å². The SMILES string of the molecule is Cc1cc(C)c(O)c(-c2nc3ccccc3o2)c1. The van der Waals surface area contributed by atoms with Gasteiger partial charge in [-0.1, -0.05) is 18.2 Å². The van der Waals surface area contributed by atoms with Gasteiger partial charge in [-0.2, -0.15) is 0 Å². The van der Waals surface area contributed by atoms with Gasteiger partial charge >= 0.3 is 0 Å². The standard InChI is InChI=1S/C15H13NO2/c1-9-7-10(2)14(17)11(8-9)15-16-12-5-3-4-6-13(12)18-15/h3-8,17H,1-2H3. The molecule has 1 aromatic heterocycles. The van der Waals surface area contributed by atoms with Gasteiger partial charge in [0, 0.05) is 0 Å². The topological polar surface area (TPSA) is 46.3 Å². The highest BCUT2D eigenvalue weighted by atomic mass is 16.3. The van der Waals surface area contributed by atoms with E-state index in [2.05, 4.69) is 4.98 Å². The average molecular weight is 239 g/mol. The largest absolute Gasteiger partial charge is 0.507 e. The number of aryl methyl sites for hydroxylation is 2. The number of benzene rings is 2. The number of aromatic nitrogens is 1. The molecule has 0 bridgehead atoms. The van der Waals surface area contributed by atoms with E-state index in [1.54, 1.807) is 0 Å². The van der Waals surface area contributed by atoms with Crippen LogP contribution in [0, 0.1) is 13.8 Å². The fraction of sp³-hybridized carbons (Fsp3) is 0.133. The van der Waals surface area contributed by atoms with Crippen LogP contribution in [0.3, 0.4) is 0 Å². The average Bonchev–Trinajstić information content (AvgIpc) is 2.77. The second-order valence-corrected chi connectivity index (χ2v) is 4.46. The van der Waals surface area contributed by atoms with E-state index >= 15 is 0 Å². The van der Waals surface area contributed by atoms with E-state index in [0.29, 0.717) is 11.5 Å². The van der Waals surface area contributed by atoms with Crippen molar-refractivity contribution >= 4 is 11.1 Å². The Bertz CT molecular complexity index is 695. The first-order valence-corrected chi connectivity index (χ1v) is 5.81. The first-order valence-electron chi connectivity index (χ1n) is 5.81. The van der Waals surface area contributed by atoms with E-state index in [1.165, 1.54) is 0 Å². The lowest BCUT2D eigenvalue weighted by atomic mass is 10.1. The molecule has 0 aliphatic carbocycles. The van der Waals surface area contributed by atoms with E-state index in [-0.39, 0.29) is 5.75 Å². The highest BCUT2D eigenvalue weighted by Crippen LogP contribution is 2.34. The molecule has 3 rings (SSSR count). The molecule has 0 unspecified atom stereocenters. The van der Waals surface area contributed by atoms with Crippen molar-refractivity contribution in [1.29, 1.82) is 0 Å². The lowest BCUT2D eigenvalue weighted by Gasteiger charge is -2.05. The van der Waals surface area contributed by atoms with Gasteiger partial charge in [0.2, 0.25) is 5.89 Å². The van der Waals surface area contributed by atoms with Gasteiger partial charge in [-0.3, -0.25) is 0 Å². The maximum Gasteiger partial charge on any atom is 0.231 e. The lowest BCUT2D eigenvalue weighted by molar-refractivity contribution is 0.470.